The first-order valence-corrected chi connectivity index (χ1v) is 3.26. The van der Waals surface area contributed by atoms with Crippen molar-refractivity contribution in [3.63, 3.8) is 0 Å². The van der Waals surface area contributed by atoms with E-state index < -0.39 is 0 Å². The molecule has 0 aromatic heterocycles. The Morgan fingerprint density at radius 2 is 2.25 bits per heavy atom. The van der Waals surface area contributed by atoms with E-state index in [4.69, 9.17) is 6.57 Å². The van der Waals surface area contributed by atoms with Crippen LogP contribution < -0.4 is 0 Å². The summed E-state index contributed by atoms with van der Waals surface area (Å²) in [5.74, 6) is 1.01. The zero-order chi connectivity index (χ0) is 5.82. The van der Waals surface area contributed by atoms with Crippen LogP contribution in [0, 0.1) is 12.5 Å². The maximum atomic E-state index is 6.49. The molecule has 0 unspecified atom stereocenters. The van der Waals surface area contributed by atoms with Crippen LogP contribution in [0.5, 0.6) is 0 Å². The van der Waals surface area contributed by atoms with Crippen LogP contribution in [0.2, 0.25) is 0 Å². The molecular formula is C7H11N. The first-order chi connectivity index (χ1) is 3.93. The van der Waals surface area contributed by atoms with Crippen LogP contribution in [0.25, 0.3) is 4.85 Å². The van der Waals surface area contributed by atoms with Crippen LogP contribution in [0.1, 0.15) is 25.7 Å². The van der Waals surface area contributed by atoms with Gasteiger partial charge in [-0.05, 0) is 12.3 Å². The van der Waals surface area contributed by atoms with Gasteiger partial charge in [-0.25, -0.2) is 6.57 Å². The monoisotopic (exact) mass is 109 g/mol. The summed E-state index contributed by atoms with van der Waals surface area (Å²) in [6.45, 7) is 7.24. The van der Waals surface area contributed by atoms with Crippen LogP contribution in [0.3, 0.4) is 0 Å². The van der Waals surface area contributed by atoms with Crippen molar-refractivity contribution < 1.29 is 0 Å². The molecule has 1 aliphatic carbocycles. The lowest BCUT2D eigenvalue weighted by molar-refractivity contribution is 0.697. The fourth-order valence-electron chi connectivity index (χ4n) is 0.866. The van der Waals surface area contributed by atoms with Gasteiger partial charge >= 0.3 is 0 Å². The van der Waals surface area contributed by atoms with E-state index in [1.165, 1.54) is 19.3 Å². The van der Waals surface area contributed by atoms with Crippen molar-refractivity contribution >= 4 is 0 Å². The predicted molar refractivity (Wildman–Crippen MR) is 33.4 cm³/mol. The molecule has 1 nitrogen and oxygen atoms in total. The van der Waals surface area contributed by atoms with Gasteiger partial charge in [0.1, 0.15) is 0 Å². The van der Waals surface area contributed by atoms with Crippen LogP contribution in [0.15, 0.2) is 0 Å². The van der Waals surface area contributed by atoms with Crippen LogP contribution in [-0.4, -0.2) is 6.54 Å². The number of rotatable bonds is 3. The van der Waals surface area contributed by atoms with Crippen LogP contribution in [-0.2, 0) is 0 Å². The summed E-state index contributed by atoms with van der Waals surface area (Å²) < 4.78 is 0. The molecule has 0 heterocycles. The Morgan fingerprint density at radius 3 is 2.75 bits per heavy atom. The quantitative estimate of drug-likeness (QED) is 0.386. The standard InChI is InChI=1S/C7H11N/c1-8-6-2-3-7-4-5-7/h7H,2-6H2. The molecule has 8 heavy (non-hydrogen) atoms. The van der Waals surface area contributed by atoms with E-state index in [-0.39, 0.29) is 0 Å². The molecule has 0 atom stereocenters. The minimum Gasteiger partial charge on any atom is -0.317 e. The number of hydrogen-bond acceptors (Lipinski definition) is 0. The molecule has 0 aromatic carbocycles. The number of hydrogen-bond donors (Lipinski definition) is 0. The van der Waals surface area contributed by atoms with Crippen LogP contribution >= 0.6 is 0 Å². The van der Waals surface area contributed by atoms with Crippen molar-refractivity contribution in [3.05, 3.63) is 11.4 Å². The van der Waals surface area contributed by atoms with E-state index in [0.29, 0.717) is 0 Å². The first-order valence-electron chi connectivity index (χ1n) is 3.26. The average Bonchev–Trinajstić information content (AvgIpc) is 2.51. The highest BCUT2D eigenvalue weighted by molar-refractivity contribution is 4.74. The molecular weight excluding hydrogens is 98.1 g/mol. The minimum atomic E-state index is 0.747. The van der Waals surface area contributed by atoms with E-state index in [0.717, 1.165) is 18.9 Å². The van der Waals surface area contributed by atoms with Crippen molar-refractivity contribution in [2.75, 3.05) is 6.54 Å². The summed E-state index contributed by atoms with van der Waals surface area (Å²) in [5.41, 5.74) is 0. The SMILES string of the molecule is [C-]#[N+]CCCC1CC1. The smallest absolute Gasteiger partial charge is 0.214 e. The van der Waals surface area contributed by atoms with Gasteiger partial charge < -0.3 is 4.85 Å². The number of nitrogens with zero attached hydrogens (tertiary/aromatic N) is 1. The minimum absolute atomic E-state index is 0.747. The maximum absolute atomic E-state index is 6.49. The second-order valence-corrected chi connectivity index (χ2v) is 2.47. The summed E-state index contributed by atoms with van der Waals surface area (Å²) in [7, 11) is 0. The Balaban J connectivity index is 1.83. The second kappa shape index (κ2) is 2.71. The van der Waals surface area contributed by atoms with Crippen LogP contribution in [0.4, 0.5) is 0 Å². The first kappa shape index (κ1) is 5.62. The zero-order valence-electron chi connectivity index (χ0n) is 5.06. The third-order valence-electron chi connectivity index (χ3n) is 1.58. The van der Waals surface area contributed by atoms with E-state index in [2.05, 4.69) is 4.85 Å². The largest absolute Gasteiger partial charge is 0.317 e. The normalized spacial score (nSPS) is 17.9. The van der Waals surface area contributed by atoms with Crippen molar-refractivity contribution in [3.8, 4) is 0 Å². The molecule has 1 fully saturated rings. The lowest BCUT2D eigenvalue weighted by atomic mass is 10.2. The maximum Gasteiger partial charge on any atom is 0.214 e. The summed E-state index contributed by atoms with van der Waals surface area (Å²) in [4.78, 5) is 3.29. The Labute approximate surface area is 50.5 Å². The molecule has 1 saturated carbocycles. The van der Waals surface area contributed by atoms with Crippen molar-refractivity contribution in [2.45, 2.75) is 25.7 Å². The van der Waals surface area contributed by atoms with Gasteiger partial charge in [-0.15, -0.1) is 0 Å². The molecule has 1 aliphatic rings. The highest BCUT2D eigenvalue weighted by Crippen LogP contribution is 2.33. The van der Waals surface area contributed by atoms with Crippen molar-refractivity contribution in [1.82, 2.24) is 0 Å². The third-order valence-corrected chi connectivity index (χ3v) is 1.58. The molecule has 0 bridgehead atoms. The molecule has 0 N–H and O–H groups in total. The Bertz CT molecular complexity index is 97.4. The van der Waals surface area contributed by atoms with E-state index >= 15 is 0 Å². The molecule has 0 amide bonds. The van der Waals surface area contributed by atoms with Gasteiger partial charge in [-0.3, -0.25) is 0 Å². The Hall–Kier alpha value is -0.510. The lowest BCUT2D eigenvalue weighted by Crippen LogP contribution is -1.78. The molecule has 1 rings (SSSR count). The summed E-state index contributed by atoms with van der Waals surface area (Å²) in [6.07, 6.45) is 5.30. The summed E-state index contributed by atoms with van der Waals surface area (Å²) >= 11 is 0. The van der Waals surface area contributed by atoms with Crippen molar-refractivity contribution in [2.24, 2.45) is 5.92 Å². The highest BCUT2D eigenvalue weighted by Gasteiger charge is 2.20. The summed E-state index contributed by atoms with van der Waals surface area (Å²) in [6, 6.07) is 0. The Morgan fingerprint density at radius 1 is 1.50 bits per heavy atom. The van der Waals surface area contributed by atoms with Gasteiger partial charge in [-0.1, -0.05) is 12.8 Å². The molecule has 0 spiro atoms. The van der Waals surface area contributed by atoms with E-state index in [1.54, 1.807) is 0 Å². The third kappa shape index (κ3) is 1.97. The lowest BCUT2D eigenvalue weighted by Gasteiger charge is -1.85. The van der Waals surface area contributed by atoms with Gasteiger partial charge in [0.25, 0.3) is 0 Å². The molecule has 0 saturated heterocycles. The fourth-order valence-corrected chi connectivity index (χ4v) is 0.866. The van der Waals surface area contributed by atoms with Gasteiger partial charge in [-0.2, -0.15) is 0 Å². The van der Waals surface area contributed by atoms with Gasteiger partial charge in [0, 0.05) is 6.42 Å². The summed E-state index contributed by atoms with van der Waals surface area (Å²) in [5, 5.41) is 0. The van der Waals surface area contributed by atoms with Crippen molar-refractivity contribution in [1.29, 1.82) is 0 Å². The van der Waals surface area contributed by atoms with E-state index in [9.17, 15) is 0 Å². The average molecular weight is 109 g/mol. The molecule has 44 valence electrons. The fraction of sp³-hybridized carbons (Fsp3) is 0.857. The predicted octanol–water partition coefficient (Wildman–Crippen LogP) is 2.10. The Kier molecular flexibility index (Phi) is 1.91. The zero-order valence-corrected chi connectivity index (χ0v) is 5.06. The topological polar surface area (TPSA) is 4.36 Å². The molecule has 0 aromatic rings. The van der Waals surface area contributed by atoms with E-state index in [1.807, 2.05) is 0 Å². The van der Waals surface area contributed by atoms with Gasteiger partial charge in [0.05, 0.1) is 0 Å². The van der Waals surface area contributed by atoms with Gasteiger partial charge in [0.15, 0.2) is 0 Å². The molecule has 0 radical (unpaired) electrons. The highest BCUT2D eigenvalue weighted by atomic mass is 14.6. The molecule has 0 aliphatic heterocycles. The second-order valence-electron chi connectivity index (χ2n) is 2.47. The molecule has 1 heteroatoms. The van der Waals surface area contributed by atoms with Gasteiger partial charge in [0.2, 0.25) is 6.54 Å².